The lowest BCUT2D eigenvalue weighted by molar-refractivity contribution is -0.122. The van der Waals surface area contributed by atoms with Gasteiger partial charge < -0.3 is 14.6 Å². The molecule has 4 rings (SSSR count). The second kappa shape index (κ2) is 6.96. The van der Waals surface area contributed by atoms with Crippen molar-refractivity contribution < 1.29 is 14.0 Å². The van der Waals surface area contributed by atoms with Gasteiger partial charge in [0.2, 0.25) is 11.8 Å². The van der Waals surface area contributed by atoms with Gasteiger partial charge in [0.1, 0.15) is 5.58 Å². The van der Waals surface area contributed by atoms with Gasteiger partial charge in [0.05, 0.1) is 5.92 Å². The maximum absolute atomic E-state index is 12.7. The van der Waals surface area contributed by atoms with Gasteiger partial charge >= 0.3 is 5.63 Å². The van der Waals surface area contributed by atoms with Crippen molar-refractivity contribution in [2.24, 2.45) is 5.92 Å². The van der Waals surface area contributed by atoms with Crippen molar-refractivity contribution in [3.8, 4) is 0 Å². The quantitative estimate of drug-likeness (QED) is 0.711. The van der Waals surface area contributed by atoms with Crippen molar-refractivity contribution in [3.05, 3.63) is 70.1 Å². The van der Waals surface area contributed by atoms with Crippen LogP contribution in [0, 0.1) is 19.8 Å². The molecule has 3 aromatic rings. The van der Waals surface area contributed by atoms with Gasteiger partial charge in [-0.25, -0.2) is 4.79 Å². The Bertz CT molecular complexity index is 1130. The Morgan fingerprint density at radius 1 is 1.07 bits per heavy atom. The molecule has 6 nitrogen and oxygen atoms in total. The summed E-state index contributed by atoms with van der Waals surface area (Å²) in [5.74, 6) is -0.726. The zero-order valence-electron chi connectivity index (χ0n) is 15.7. The summed E-state index contributed by atoms with van der Waals surface area (Å²) in [6, 6.07) is 14.3. The number of anilines is 2. The standard InChI is InChI=1S/C22H20N2O4/c1-13-3-6-17(7-4-13)24-12-15(10-20(24)25)22(27)23-16-5-8-18-14(2)9-21(26)28-19(18)11-16/h3-9,11,15H,10,12H2,1-2H3,(H,23,27)/t15-/m1/s1. The molecule has 1 aliphatic heterocycles. The van der Waals surface area contributed by atoms with Crippen molar-refractivity contribution in [3.63, 3.8) is 0 Å². The van der Waals surface area contributed by atoms with Crippen molar-refractivity contribution in [2.75, 3.05) is 16.8 Å². The molecule has 142 valence electrons. The molecule has 2 heterocycles. The lowest BCUT2D eigenvalue weighted by atomic mass is 10.1. The van der Waals surface area contributed by atoms with E-state index in [1.807, 2.05) is 44.2 Å². The first-order valence-electron chi connectivity index (χ1n) is 9.13. The van der Waals surface area contributed by atoms with Gasteiger partial charge in [0.15, 0.2) is 0 Å². The van der Waals surface area contributed by atoms with Crippen LogP contribution in [0.1, 0.15) is 17.5 Å². The Labute approximate surface area is 161 Å². The zero-order valence-corrected chi connectivity index (χ0v) is 15.7. The molecule has 0 aliphatic carbocycles. The zero-order chi connectivity index (χ0) is 19.8. The number of nitrogens with zero attached hydrogens (tertiary/aromatic N) is 1. The average Bonchev–Trinajstić information content (AvgIpc) is 3.04. The topological polar surface area (TPSA) is 79.6 Å². The highest BCUT2D eigenvalue weighted by atomic mass is 16.4. The molecule has 1 atom stereocenters. The molecule has 0 radical (unpaired) electrons. The minimum Gasteiger partial charge on any atom is -0.423 e. The van der Waals surface area contributed by atoms with E-state index in [2.05, 4.69) is 5.32 Å². The van der Waals surface area contributed by atoms with E-state index < -0.39 is 11.5 Å². The van der Waals surface area contributed by atoms with Crippen LogP contribution in [0.5, 0.6) is 0 Å². The van der Waals surface area contributed by atoms with E-state index in [9.17, 15) is 14.4 Å². The molecule has 28 heavy (non-hydrogen) atoms. The predicted molar refractivity (Wildman–Crippen MR) is 107 cm³/mol. The lowest BCUT2D eigenvalue weighted by Gasteiger charge is -2.17. The molecule has 0 bridgehead atoms. The second-order valence-electron chi connectivity index (χ2n) is 7.19. The largest absolute Gasteiger partial charge is 0.423 e. The molecule has 0 saturated carbocycles. The normalized spacial score (nSPS) is 16.6. The molecular formula is C22H20N2O4. The Hall–Kier alpha value is -3.41. The number of fused-ring (bicyclic) bond motifs is 1. The second-order valence-corrected chi connectivity index (χ2v) is 7.19. The van der Waals surface area contributed by atoms with Gasteiger partial charge in [-0.1, -0.05) is 17.7 Å². The molecule has 1 fully saturated rings. The molecule has 2 amide bonds. The third kappa shape index (κ3) is 3.41. The van der Waals surface area contributed by atoms with Gasteiger partial charge in [0, 0.05) is 41.9 Å². The van der Waals surface area contributed by atoms with Crippen LogP contribution < -0.4 is 15.8 Å². The van der Waals surface area contributed by atoms with E-state index >= 15 is 0 Å². The highest BCUT2D eigenvalue weighted by Gasteiger charge is 2.35. The smallest absolute Gasteiger partial charge is 0.336 e. The fraction of sp³-hybridized carbons (Fsp3) is 0.227. The molecule has 1 N–H and O–H groups in total. The van der Waals surface area contributed by atoms with Crippen molar-refractivity contribution in [1.82, 2.24) is 0 Å². The highest BCUT2D eigenvalue weighted by Crippen LogP contribution is 2.27. The number of aryl methyl sites for hydroxylation is 2. The van der Waals surface area contributed by atoms with Crippen LogP contribution >= 0.6 is 0 Å². The number of carbonyl (C=O) groups excluding carboxylic acids is 2. The van der Waals surface area contributed by atoms with Crippen molar-refractivity contribution in [2.45, 2.75) is 20.3 Å². The predicted octanol–water partition coefficient (Wildman–Crippen LogP) is 3.40. The number of rotatable bonds is 3. The van der Waals surface area contributed by atoms with Gasteiger partial charge in [0.25, 0.3) is 0 Å². The number of benzene rings is 2. The van der Waals surface area contributed by atoms with Gasteiger partial charge in [-0.3, -0.25) is 9.59 Å². The van der Waals surface area contributed by atoms with Crippen LogP contribution in [0.25, 0.3) is 11.0 Å². The first-order valence-corrected chi connectivity index (χ1v) is 9.13. The summed E-state index contributed by atoms with van der Waals surface area (Å²) >= 11 is 0. The number of carbonyl (C=O) groups is 2. The van der Waals surface area contributed by atoms with E-state index in [1.54, 1.807) is 17.0 Å². The van der Waals surface area contributed by atoms with Gasteiger partial charge in [-0.15, -0.1) is 0 Å². The first-order chi connectivity index (χ1) is 13.4. The number of hydrogen-bond acceptors (Lipinski definition) is 4. The molecule has 0 unspecified atom stereocenters. The minimum atomic E-state index is -0.436. The van der Waals surface area contributed by atoms with Crippen LogP contribution in [-0.2, 0) is 9.59 Å². The fourth-order valence-corrected chi connectivity index (χ4v) is 3.50. The summed E-state index contributed by atoms with van der Waals surface area (Å²) in [6.07, 6.45) is 0.168. The number of hydrogen-bond donors (Lipinski definition) is 1. The Morgan fingerprint density at radius 2 is 1.82 bits per heavy atom. The van der Waals surface area contributed by atoms with Crippen LogP contribution in [-0.4, -0.2) is 18.4 Å². The lowest BCUT2D eigenvalue weighted by Crippen LogP contribution is -2.28. The Balaban J connectivity index is 1.51. The molecule has 2 aromatic carbocycles. The Kier molecular flexibility index (Phi) is 4.47. The minimum absolute atomic E-state index is 0.0656. The van der Waals surface area contributed by atoms with Crippen molar-refractivity contribution >= 4 is 34.2 Å². The maximum Gasteiger partial charge on any atom is 0.336 e. The molecule has 1 aliphatic rings. The highest BCUT2D eigenvalue weighted by molar-refractivity contribution is 6.04. The van der Waals surface area contributed by atoms with E-state index in [1.165, 1.54) is 6.07 Å². The molecule has 1 saturated heterocycles. The third-order valence-electron chi connectivity index (χ3n) is 5.06. The summed E-state index contributed by atoms with van der Waals surface area (Å²) in [5.41, 5.74) is 3.26. The monoisotopic (exact) mass is 376 g/mol. The van der Waals surface area contributed by atoms with Crippen LogP contribution in [0.4, 0.5) is 11.4 Å². The average molecular weight is 376 g/mol. The van der Waals surface area contributed by atoms with Crippen molar-refractivity contribution in [1.29, 1.82) is 0 Å². The van der Waals surface area contributed by atoms with E-state index in [-0.39, 0.29) is 18.2 Å². The molecular weight excluding hydrogens is 356 g/mol. The Morgan fingerprint density at radius 3 is 2.57 bits per heavy atom. The van der Waals surface area contributed by atoms with E-state index in [4.69, 9.17) is 4.42 Å². The summed E-state index contributed by atoms with van der Waals surface area (Å²) in [5, 5.41) is 3.66. The summed E-state index contributed by atoms with van der Waals surface area (Å²) in [4.78, 5) is 38.3. The van der Waals surface area contributed by atoms with Gasteiger partial charge in [-0.2, -0.15) is 0 Å². The third-order valence-corrected chi connectivity index (χ3v) is 5.06. The first kappa shape index (κ1) is 18.0. The number of amides is 2. The fourth-order valence-electron chi connectivity index (χ4n) is 3.50. The van der Waals surface area contributed by atoms with Crippen LogP contribution in [0.2, 0.25) is 0 Å². The number of nitrogens with one attached hydrogen (secondary N) is 1. The van der Waals surface area contributed by atoms with E-state index in [0.717, 1.165) is 22.2 Å². The van der Waals surface area contributed by atoms with Crippen LogP contribution in [0.15, 0.2) is 57.7 Å². The van der Waals surface area contributed by atoms with Gasteiger partial charge in [-0.05, 0) is 43.7 Å². The maximum atomic E-state index is 12.7. The molecule has 6 heteroatoms. The summed E-state index contributed by atoms with van der Waals surface area (Å²) < 4.78 is 5.22. The molecule has 1 aromatic heterocycles. The van der Waals surface area contributed by atoms with E-state index in [0.29, 0.717) is 17.8 Å². The molecule has 0 spiro atoms. The SMILES string of the molecule is Cc1ccc(N2C[C@H](C(=O)Nc3ccc4c(C)cc(=O)oc4c3)CC2=O)cc1. The summed E-state index contributed by atoms with van der Waals surface area (Å²) in [7, 11) is 0. The summed E-state index contributed by atoms with van der Waals surface area (Å²) in [6.45, 7) is 4.16. The van der Waals surface area contributed by atoms with Crippen LogP contribution in [0.3, 0.4) is 0 Å².